The molecule has 112 valence electrons. The quantitative estimate of drug-likeness (QED) is 0.923. The van der Waals surface area contributed by atoms with Crippen LogP contribution in [0.5, 0.6) is 0 Å². The first kappa shape index (κ1) is 15.7. The lowest BCUT2D eigenvalue weighted by Crippen LogP contribution is -2.47. The first-order valence-corrected chi connectivity index (χ1v) is 8.50. The zero-order valence-corrected chi connectivity index (χ0v) is 12.8. The second-order valence-electron chi connectivity index (χ2n) is 4.99. The Bertz CT molecular complexity index is 580. The second-order valence-corrected chi connectivity index (χ2v) is 7.37. The van der Waals surface area contributed by atoms with Crippen LogP contribution in [0.3, 0.4) is 0 Å². The molecule has 0 radical (unpaired) electrons. The zero-order valence-electron chi connectivity index (χ0n) is 11.3. The average Bonchev–Trinajstić information content (AvgIpc) is 2.43. The highest BCUT2D eigenvalue weighted by molar-refractivity contribution is 7.88. The fourth-order valence-corrected chi connectivity index (χ4v) is 4.16. The Hall–Kier alpha value is -0.690. The van der Waals surface area contributed by atoms with E-state index in [9.17, 15) is 12.8 Å². The first-order chi connectivity index (χ1) is 9.42. The van der Waals surface area contributed by atoms with Crippen LogP contribution >= 0.6 is 11.6 Å². The van der Waals surface area contributed by atoms with Gasteiger partial charge in [-0.2, -0.15) is 0 Å². The summed E-state index contributed by atoms with van der Waals surface area (Å²) in [6, 6.07) is 4.21. The van der Waals surface area contributed by atoms with Crippen LogP contribution < -0.4 is 5.32 Å². The monoisotopic (exact) mass is 320 g/mol. The minimum absolute atomic E-state index is 0.0514. The van der Waals surface area contributed by atoms with Crippen molar-refractivity contribution in [1.82, 2.24) is 9.62 Å². The Balaban J connectivity index is 2.12. The molecule has 1 unspecified atom stereocenters. The number of hydrogen-bond acceptors (Lipinski definition) is 3. The van der Waals surface area contributed by atoms with E-state index in [0.29, 0.717) is 18.7 Å². The topological polar surface area (TPSA) is 49.4 Å². The predicted octanol–water partition coefficient (Wildman–Crippen LogP) is 1.99. The molecule has 4 nitrogen and oxygen atoms in total. The highest BCUT2D eigenvalue weighted by atomic mass is 35.5. The molecule has 7 heteroatoms. The molecule has 1 aromatic rings. The third-order valence-corrected chi connectivity index (χ3v) is 5.63. The molecule has 0 amide bonds. The molecule has 1 atom stereocenters. The Kier molecular flexibility index (Phi) is 5.01. The standard InChI is InChI=1S/C13H18ClFN2O2S/c1-16-11-3-2-6-17(8-11)20(18,19)9-10-4-5-13(15)12(14)7-10/h4-5,7,11,16H,2-3,6,8-9H2,1H3. The third-order valence-electron chi connectivity index (χ3n) is 3.52. The Morgan fingerprint density at radius 3 is 2.90 bits per heavy atom. The van der Waals surface area contributed by atoms with Crippen molar-refractivity contribution in [3.8, 4) is 0 Å². The van der Waals surface area contributed by atoms with E-state index in [1.807, 2.05) is 7.05 Å². The van der Waals surface area contributed by atoms with Gasteiger partial charge in [-0.3, -0.25) is 0 Å². The smallest absolute Gasteiger partial charge is 0.218 e. The average molecular weight is 321 g/mol. The van der Waals surface area contributed by atoms with E-state index in [0.717, 1.165) is 12.8 Å². The van der Waals surface area contributed by atoms with Crippen LogP contribution in [-0.2, 0) is 15.8 Å². The molecule has 0 aliphatic carbocycles. The van der Waals surface area contributed by atoms with E-state index < -0.39 is 15.8 Å². The Morgan fingerprint density at radius 2 is 2.25 bits per heavy atom. The maximum atomic E-state index is 13.1. The van der Waals surface area contributed by atoms with Gasteiger partial charge in [0.05, 0.1) is 10.8 Å². The fourth-order valence-electron chi connectivity index (χ4n) is 2.36. The fraction of sp³-hybridized carbons (Fsp3) is 0.538. The van der Waals surface area contributed by atoms with E-state index >= 15 is 0 Å². The Labute approximate surface area is 124 Å². The van der Waals surface area contributed by atoms with Crippen LogP contribution in [0, 0.1) is 5.82 Å². The summed E-state index contributed by atoms with van der Waals surface area (Å²) in [6.45, 7) is 1.02. The van der Waals surface area contributed by atoms with Crippen molar-refractivity contribution < 1.29 is 12.8 Å². The van der Waals surface area contributed by atoms with Crippen LogP contribution in [0.1, 0.15) is 18.4 Å². The molecule has 1 fully saturated rings. The number of hydrogen-bond donors (Lipinski definition) is 1. The van der Waals surface area contributed by atoms with Crippen molar-refractivity contribution in [2.45, 2.75) is 24.6 Å². The van der Waals surface area contributed by atoms with Gasteiger partial charge in [0.1, 0.15) is 5.82 Å². The van der Waals surface area contributed by atoms with Crippen LogP contribution in [0.15, 0.2) is 18.2 Å². The summed E-state index contributed by atoms with van der Waals surface area (Å²) in [6.07, 6.45) is 1.82. The molecule has 1 aromatic carbocycles. The van der Waals surface area contributed by atoms with E-state index in [4.69, 9.17) is 11.6 Å². The molecule has 2 rings (SSSR count). The molecular formula is C13H18ClFN2O2S. The number of nitrogens with one attached hydrogen (secondary N) is 1. The van der Waals surface area contributed by atoms with E-state index in [1.54, 1.807) is 0 Å². The van der Waals surface area contributed by atoms with Gasteiger partial charge in [-0.25, -0.2) is 17.1 Å². The van der Waals surface area contributed by atoms with Crippen LogP contribution in [0.4, 0.5) is 4.39 Å². The molecule has 1 N–H and O–H groups in total. The summed E-state index contributed by atoms with van der Waals surface area (Å²) < 4.78 is 39.3. The van der Waals surface area contributed by atoms with E-state index in [1.165, 1.54) is 22.5 Å². The van der Waals surface area contributed by atoms with Crippen molar-refractivity contribution in [2.24, 2.45) is 0 Å². The summed E-state index contributed by atoms with van der Waals surface area (Å²) in [5, 5.41) is 3.06. The van der Waals surface area contributed by atoms with Gasteiger partial charge in [0.15, 0.2) is 0 Å². The first-order valence-electron chi connectivity index (χ1n) is 6.51. The minimum Gasteiger partial charge on any atom is -0.316 e. The molecule has 0 aromatic heterocycles. The highest BCUT2D eigenvalue weighted by Gasteiger charge is 2.28. The minimum atomic E-state index is -3.40. The lowest BCUT2D eigenvalue weighted by molar-refractivity contribution is 0.292. The van der Waals surface area contributed by atoms with Gasteiger partial charge >= 0.3 is 0 Å². The number of likely N-dealkylation sites (N-methyl/N-ethyl adjacent to an activating group) is 1. The summed E-state index contributed by atoms with van der Waals surface area (Å²) in [5.41, 5.74) is 0.503. The number of rotatable bonds is 4. The lowest BCUT2D eigenvalue weighted by atomic mass is 10.1. The Morgan fingerprint density at radius 1 is 1.50 bits per heavy atom. The summed E-state index contributed by atoms with van der Waals surface area (Å²) >= 11 is 5.68. The van der Waals surface area contributed by atoms with Crippen molar-refractivity contribution >= 4 is 21.6 Å². The van der Waals surface area contributed by atoms with E-state index in [2.05, 4.69) is 5.32 Å². The molecule has 0 saturated carbocycles. The maximum Gasteiger partial charge on any atom is 0.218 e. The molecule has 20 heavy (non-hydrogen) atoms. The molecular weight excluding hydrogens is 303 g/mol. The van der Waals surface area contributed by atoms with Crippen molar-refractivity contribution in [1.29, 1.82) is 0 Å². The summed E-state index contributed by atoms with van der Waals surface area (Å²) in [5.74, 6) is -0.690. The van der Waals surface area contributed by atoms with Crippen LogP contribution in [-0.4, -0.2) is 38.9 Å². The van der Waals surface area contributed by atoms with Crippen LogP contribution in [0.25, 0.3) is 0 Å². The number of benzene rings is 1. The predicted molar refractivity (Wildman–Crippen MR) is 77.7 cm³/mol. The maximum absolute atomic E-state index is 13.1. The molecule has 1 heterocycles. The largest absolute Gasteiger partial charge is 0.316 e. The number of halogens is 2. The highest BCUT2D eigenvalue weighted by Crippen LogP contribution is 2.21. The molecule has 0 spiro atoms. The van der Waals surface area contributed by atoms with Gasteiger partial charge < -0.3 is 5.32 Å². The molecule has 1 saturated heterocycles. The third kappa shape index (κ3) is 3.69. The molecule has 0 bridgehead atoms. The number of piperidine rings is 1. The summed E-state index contributed by atoms with van der Waals surface area (Å²) in [4.78, 5) is 0. The van der Waals surface area contributed by atoms with Gasteiger partial charge in [-0.1, -0.05) is 17.7 Å². The number of sulfonamides is 1. The zero-order chi connectivity index (χ0) is 14.8. The molecule has 1 aliphatic rings. The van der Waals surface area contributed by atoms with Gasteiger partial charge in [0, 0.05) is 19.1 Å². The SMILES string of the molecule is CNC1CCCN(S(=O)(=O)Cc2ccc(F)c(Cl)c2)C1. The molecule has 1 aliphatic heterocycles. The lowest BCUT2D eigenvalue weighted by Gasteiger charge is -2.31. The normalized spacial score (nSPS) is 21.1. The van der Waals surface area contributed by atoms with Gasteiger partial charge in [0.25, 0.3) is 0 Å². The van der Waals surface area contributed by atoms with E-state index in [-0.39, 0.29) is 16.8 Å². The van der Waals surface area contributed by atoms with Gasteiger partial charge in [-0.05, 0) is 37.6 Å². The van der Waals surface area contributed by atoms with Crippen molar-refractivity contribution in [2.75, 3.05) is 20.1 Å². The van der Waals surface area contributed by atoms with Crippen molar-refractivity contribution in [3.05, 3.63) is 34.6 Å². The van der Waals surface area contributed by atoms with Gasteiger partial charge in [-0.15, -0.1) is 0 Å². The number of nitrogens with zero attached hydrogens (tertiary/aromatic N) is 1. The van der Waals surface area contributed by atoms with Crippen LogP contribution in [0.2, 0.25) is 5.02 Å². The summed E-state index contributed by atoms with van der Waals surface area (Å²) in [7, 11) is -1.56. The van der Waals surface area contributed by atoms with Crippen molar-refractivity contribution in [3.63, 3.8) is 0 Å². The van der Waals surface area contributed by atoms with Gasteiger partial charge in [0.2, 0.25) is 10.0 Å². The second kappa shape index (κ2) is 6.39.